The third kappa shape index (κ3) is 1.91. The highest BCUT2D eigenvalue weighted by Gasteiger charge is 2.53. The van der Waals surface area contributed by atoms with E-state index in [0.717, 1.165) is 11.8 Å². The summed E-state index contributed by atoms with van der Waals surface area (Å²) in [6.07, 6.45) is 6.80. The summed E-state index contributed by atoms with van der Waals surface area (Å²) < 4.78 is 11.5. The highest BCUT2D eigenvalue weighted by molar-refractivity contribution is 4.99. The second-order valence-corrected chi connectivity index (χ2v) is 6.48. The molecule has 7 atom stereocenters. The highest BCUT2D eigenvalue weighted by Crippen LogP contribution is 2.54. The first-order valence-electron chi connectivity index (χ1n) is 7.55. The molecule has 0 radical (unpaired) electrons. The zero-order valence-corrected chi connectivity index (χ0v) is 11.5. The van der Waals surface area contributed by atoms with Crippen LogP contribution in [0.1, 0.15) is 39.0 Å². The van der Waals surface area contributed by atoms with Crippen molar-refractivity contribution in [3.8, 4) is 0 Å². The van der Waals surface area contributed by atoms with Gasteiger partial charge in [-0.1, -0.05) is 19.3 Å². The van der Waals surface area contributed by atoms with Gasteiger partial charge in [0.05, 0.1) is 6.10 Å². The molecule has 1 heterocycles. The van der Waals surface area contributed by atoms with Gasteiger partial charge >= 0.3 is 0 Å². The second kappa shape index (κ2) is 5.10. The summed E-state index contributed by atoms with van der Waals surface area (Å²) >= 11 is 0. The Morgan fingerprint density at radius 3 is 2.72 bits per heavy atom. The van der Waals surface area contributed by atoms with Gasteiger partial charge in [0, 0.05) is 19.6 Å². The molecule has 0 aromatic rings. The number of hydrogen-bond acceptors (Lipinski definition) is 3. The molecule has 104 valence electrons. The zero-order chi connectivity index (χ0) is 12.7. The molecule has 0 spiro atoms. The molecule has 18 heavy (non-hydrogen) atoms. The minimum Gasteiger partial charge on any atom is -0.396 e. The fraction of sp³-hybridized carbons (Fsp3) is 1.00. The molecule has 3 rings (SSSR count). The van der Waals surface area contributed by atoms with Crippen molar-refractivity contribution in [3.05, 3.63) is 0 Å². The van der Waals surface area contributed by atoms with Gasteiger partial charge in [-0.15, -0.1) is 0 Å². The Hall–Kier alpha value is -0.120. The van der Waals surface area contributed by atoms with E-state index < -0.39 is 0 Å². The molecule has 3 aliphatic rings. The molecular weight excluding hydrogens is 228 g/mol. The average molecular weight is 254 g/mol. The molecule has 1 N–H and O–H groups in total. The number of hydrogen-bond donors (Lipinski definition) is 1. The van der Waals surface area contributed by atoms with E-state index in [-0.39, 0.29) is 12.4 Å². The van der Waals surface area contributed by atoms with E-state index in [1.807, 2.05) is 0 Å². The Balaban J connectivity index is 1.85. The van der Waals surface area contributed by atoms with Crippen LogP contribution < -0.4 is 0 Å². The maximum absolute atomic E-state index is 9.86. The number of fused-ring (bicyclic) bond motifs is 2. The molecule has 0 aromatic heterocycles. The van der Waals surface area contributed by atoms with Gasteiger partial charge < -0.3 is 14.6 Å². The maximum Gasteiger partial charge on any atom is 0.160 e. The Morgan fingerprint density at radius 2 is 2.00 bits per heavy atom. The van der Waals surface area contributed by atoms with Crippen molar-refractivity contribution in [1.82, 2.24) is 0 Å². The molecule has 0 bridgehead atoms. The van der Waals surface area contributed by atoms with Crippen molar-refractivity contribution < 1.29 is 14.6 Å². The molecule has 3 fully saturated rings. The van der Waals surface area contributed by atoms with Crippen molar-refractivity contribution in [2.75, 3.05) is 13.7 Å². The predicted octanol–water partition coefficient (Wildman–Crippen LogP) is 2.43. The van der Waals surface area contributed by atoms with E-state index in [2.05, 4.69) is 6.92 Å². The summed E-state index contributed by atoms with van der Waals surface area (Å²) in [5.41, 5.74) is 0. The number of methoxy groups -OCH3 is 1. The molecular formula is C15H26O3. The van der Waals surface area contributed by atoms with Crippen LogP contribution in [0.15, 0.2) is 0 Å². The lowest BCUT2D eigenvalue weighted by atomic mass is 9.57. The third-order valence-electron chi connectivity index (χ3n) is 5.77. The van der Waals surface area contributed by atoms with Crippen LogP contribution in [0.5, 0.6) is 0 Å². The summed E-state index contributed by atoms with van der Waals surface area (Å²) in [5, 5.41) is 9.86. The monoisotopic (exact) mass is 254 g/mol. The lowest BCUT2D eigenvalue weighted by molar-refractivity contribution is -0.132. The Labute approximate surface area is 110 Å². The van der Waals surface area contributed by atoms with Gasteiger partial charge in [-0.05, 0) is 43.4 Å². The van der Waals surface area contributed by atoms with Crippen molar-refractivity contribution in [2.24, 2.45) is 29.6 Å². The molecule has 2 aliphatic carbocycles. The van der Waals surface area contributed by atoms with Gasteiger partial charge in [-0.25, -0.2) is 0 Å². The second-order valence-electron chi connectivity index (χ2n) is 6.48. The Morgan fingerprint density at radius 1 is 1.22 bits per heavy atom. The van der Waals surface area contributed by atoms with Crippen LogP contribution in [-0.2, 0) is 9.47 Å². The van der Waals surface area contributed by atoms with E-state index in [9.17, 15) is 5.11 Å². The average Bonchev–Trinajstić information content (AvgIpc) is 2.73. The summed E-state index contributed by atoms with van der Waals surface area (Å²) in [7, 11) is 1.75. The number of aliphatic hydroxyl groups is 1. The fourth-order valence-electron chi connectivity index (χ4n) is 5.08. The lowest BCUT2D eigenvalue weighted by Crippen LogP contribution is -2.45. The molecule has 7 unspecified atom stereocenters. The summed E-state index contributed by atoms with van der Waals surface area (Å²) in [6, 6.07) is 0. The quantitative estimate of drug-likeness (QED) is 0.822. The van der Waals surface area contributed by atoms with Crippen LogP contribution in [0.3, 0.4) is 0 Å². The van der Waals surface area contributed by atoms with E-state index in [0.29, 0.717) is 24.4 Å². The van der Waals surface area contributed by atoms with E-state index >= 15 is 0 Å². The van der Waals surface area contributed by atoms with Crippen LogP contribution in [-0.4, -0.2) is 31.2 Å². The van der Waals surface area contributed by atoms with Crippen LogP contribution in [0.4, 0.5) is 0 Å². The minimum atomic E-state index is -0.0399. The molecule has 2 saturated carbocycles. The molecule has 1 aliphatic heterocycles. The van der Waals surface area contributed by atoms with Gasteiger partial charge in [0.1, 0.15) is 0 Å². The van der Waals surface area contributed by atoms with Crippen LogP contribution in [0.2, 0.25) is 0 Å². The first-order chi connectivity index (χ1) is 8.76. The normalized spacial score (nSPS) is 51.8. The van der Waals surface area contributed by atoms with E-state index in [1.165, 1.54) is 32.1 Å². The topological polar surface area (TPSA) is 38.7 Å². The zero-order valence-electron chi connectivity index (χ0n) is 11.5. The summed E-state index contributed by atoms with van der Waals surface area (Å²) in [4.78, 5) is 0. The summed E-state index contributed by atoms with van der Waals surface area (Å²) in [6.45, 7) is 2.48. The van der Waals surface area contributed by atoms with E-state index in [4.69, 9.17) is 9.47 Å². The molecule has 3 nitrogen and oxygen atoms in total. The van der Waals surface area contributed by atoms with Gasteiger partial charge in [0.25, 0.3) is 0 Å². The molecule has 0 aromatic carbocycles. The fourth-order valence-corrected chi connectivity index (χ4v) is 5.08. The number of rotatable bonds is 2. The minimum absolute atomic E-state index is 0.0399. The van der Waals surface area contributed by atoms with Crippen LogP contribution in [0, 0.1) is 29.6 Å². The van der Waals surface area contributed by atoms with Crippen molar-refractivity contribution in [2.45, 2.75) is 51.4 Å². The predicted molar refractivity (Wildman–Crippen MR) is 69.0 cm³/mol. The maximum atomic E-state index is 9.86. The molecule has 1 saturated heterocycles. The van der Waals surface area contributed by atoms with Crippen LogP contribution >= 0.6 is 0 Å². The molecule has 3 heteroatoms. The SMILES string of the molecule is COC1OC(C)C2C1CC1CCCCC1C2CO. The van der Waals surface area contributed by atoms with Crippen molar-refractivity contribution in [3.63, 3.8) is 0 Å². The largest absolute Gasteiger partial charge is 0.396 e. The number of ether oxygens (including phenoxy) is 2. The smallest absolute Gasteiger partial charge is 0.160 e. The van der Waals surface area contributed by atoms with Gasteiger partial charge in [0.2, 0.25) is 0 Å². The first kappa shape index (κ1) is 12.9. The van der Waals surface area contributed by atoms with Crippen molar-refractivity contribution >= 4 is 0 Å². The van der Waals surface area contributed by atoms with Gasteiger partial charge in [-0.3, -0.25) is 0 Å². The van der Waals surface area contributed by atoms with E-state index in [1.54, 1.807) is 7.11 Å². The van der Waals surface area contributed by atoms with Crippen LogP contribution in [0.25, 0.3) is 0 Å². The Bertz CT molecular complexity index is 293. The van der Waals surface area contributed by atoms with Gasteiger partial charge in [0.15, 0.2) is 6.29 Å². The summed E-state index contributed by atoms with van der Waals surface area (Å²) in [5.74, 6) is 2.96. The number of aliphatic hydroxyl groups excluding tert-OH is 1. The standard InChI is InChI=1S/C15H26O3/c1-9-14-12(15(17-2)18-9)7-10-5-3-4-6-11(10)13(14)8-16/h9-16H,3-8H2,1-2H3. The first-order valence-corrected chi connectivity index (χ1v) is 7.55. The molecule has 0 amide bonds. The Kier molecular flexibility index (Phi) is 3.65. The van der Waals surface area contributed by atoms with Crippen molar-refractivity contribution in [1.29, 1.82) is 0 Å². The highest BCUT2D eigenvalue weighted by atomic mass is 16.7. The third-order valence-corrected chi connectivity index (χ3v) is 5.77. The lowest BCUT2D eigenvalue weighted by Gasteiger charge is -2.47. The van der Waals surface area contributed by atoms with Gasteiger partial charge in [-0.2, -0.15) is 0 Å².